The van der Waals surface area contributed by atoms with Gasteiger partial charge in [0, 0.05) is 18.7 Å². The van der Waals surface area contributed by atoms with Crippen molar-refractivity contribution < 1.29 is 19.0 Å². The number of likely N-dealkylation sites (N-methyl/N-ethyl adjacent to an activating group) is 1. The normalized spacial score (nSPS) is 14.5. The number of carbonyl (C=O) groups excluding carboxylic acids is 1. The van der Waals surface area contributed by atoms with E-state index in [1.165, 1.54) is 11.3 Å². The zero-order chi connectivity index (χ0) is 33.1. The number of rotatable bonds is 10. The molecule has 47 heavy (non-hydrogen) atoms. The van der Waals surface area contributed by atoms with Crippen molar-refractivity contribution in [1.29, 1.82) is 0 Å². The van der Waals surface area contributed by atoms with Crippen molar-refractivity contribution in [2.75, 3.05) is 27.3 Å². The number of ether oxygens (including phenoxy) is 3. The molecule has 1 amide bonds. The number of fused-ring (bicyclic) bond motifs is 2. The van der Waals surface area contributed by atoms with Gasteiger partial charge < -0.3 is 19.1 Å². The average molecular weight is 648 g/mol. The topological polar surface area (TPSA) is 82.4 Å². The van der Waals surface area contributed by atoms with Gasteiger partial charge in [0.15, 0.2) is 4.80 Å². The maximum Gasteiger partial charge on any atom is 0.271 e. The predicted octanol–water partition coefficient (Wildman–Crippen LogP) is 5.85. The van der Waals surface area contributed by atoms with E-state index >= 15 is 0 Å². The van der Waals surface area contributed by atoms with Crippen LogP contribution >= 0.6 is 11.3 Å². The molecule has 8 nitrogen and oxygen atoms in total. The largest absolute Gasteiger partial charge is 0.497 e. The number of thiazole rings is 1. The second kappa shape index (κ2) is 13.7. The van der Waals surface area contributed by atoms with E-state index in [9.17, 15) is 9.59 Å². The molecule has 1 aliphatic heterocycles. The van der Waals surface area contributed by atoms with Crippen molar-refractivity contribution in [3.05, 3.63) is 133 Å². The van der Waals surface area contributed by atoms with Gasteiger partial charge in [-0.3, -0.25) is 14.2 Å². The van der Waals surface area contributed by atoms with Crippen LogP contribution in [-0.2, 0) is 11.4 Å². The third-order valence-electron chi connectivity index (χ3n) is 8.47. The third kappa shape index (κ3) is 6.18. The lowest BCUT2D eigenvalue weighted by Gasteiger charge is -2.30. The van der Waals surface area contributed by atoms with Crippen molar-refractivity contribution in [2.24, 2.45) is 4.99 Å². The van der Waals surface area contributed by atoms with Gasteiger partial charge in [-0.05, 0) is 79.1 Å². The molecule has 2 heterocycles. The monoisotopic (exact) mass is 647 g/mol. The molecule has 1 atom stereocenters. The lowest BCUT2D eigenvalue weighted by Crippen LogP contribution is -2.43. The molecule has 0 saturated heterocycles. The van der Waals surface area contributed by atoms with Crippen LogP contribution in [0.1, 0.15) is 43.5 Å². The second-order valence-corrected chi connectivity index (χ2v) is 12.2. The number of carbonyl (C=O) groups is 1. The van der Waals surface area contributed by atoms with E-state index in [2.05, 4.69) is 0 Å². The van der Waals surface area contributed by atoms with E-state index in [0.717, 1.165) is 39.0 Å². The Morgan fingerprint density at radius 1 is 0.915 bits per heavy atom. The molecule has 9 heteroatoms. The lowest BCUT2D eigenvalue weighted by atomic mass is 9.90. The summed E-state index contributed by atoms with van der Waals surface area (Å²) < 4.78 is 19.3. The number of hydrogen-bond donors (Lipinski definition) is 0. The first-order chi connectivity index (χ1) is 22.9. The Bertz CT molecular complexity index is 2140. The van der Waals surface area contributed by atoms with E-state index in [0.29, 0.717) is 46.0 Å². The van der Waals surface area contributed by atoms with E-state index in [4.69, 9.17) is 19.2 Å². The van der Waals surface area contributed by atoms with Crippen molar-refractivity contribution >= 4 is 34.1 Å². The minimum absolute atomic E-state index is 0.143. The molecule has 0 radical (unpaired) electrons. The standard InChI is InChI=1S/C38H37N3O5S/c1-6-40(7-2)37(43)33-24(3)39-38-41(35(33)34-30-11-9-8-10-27(30)16-21-31(34)45-5)36(42)32(47-38)22-25-12-19-29(20-13-25)46-23-26-14-17-28(44-4)18-15-26/h8-22,35H,6-7,23H2,1-5H3/b32-22+/t35-/m0/s1. The predicted molar refractivity (Wildman–Crippen MR) is 186 cm³/mol. The molecule has 0 N–H and O–H groups in total. The van der Waals surface area contributed by atoms with Crippen LogP contribution in [0.4, 0.5) is 0 Å². The van der Waals surface area contributed by atoms with Crippen molar-refractivity contribution in [3.63, 3.8) is 0 Å². The van der Waals surface area contributed by atoms with Crippen LogP contribution in [0.3, 0.4) is 0 Å². The van der Waals surface area contributed by atoms with Gasteiger partial charge in [-0.15, -0.1) is 0 Å². The van der Waals surface area contributed by atoms with E-state index in [-0.39, 0.29) is 11.5 Å². The van der Waals surface area contributed by atoms with Gasteiger partial charge >= 0.3 is 0 Å². The highest BCUT2D eigenvalue weighted by atomic mass is 32.1. The Hall–Kier alpha value is -5.15. The zero-order valence-corrected chi connectivity index (χ0v) is 28.0. The first-order valence-corrected chi connectivity index (χ1v) is 16.4. The highest BCUT2D eigenvalue weighted by molar-refractivity contribution is 7.07. The number of amides is 1. The summed E-state index contributed by atoms with van der Waals surface area (Å²) in [7, 11) is 3.26. The van der Waals surface area contributed by atoms with Gasteiger partial charge in [-0.25, -0.2) is 4.99 Å². The minimum atomic E-state index is -0.726. The summed E-state index contributed by atoms with van der Waals surface area (Å²) in [6.45, 7) is 7.26. The maximum absolute atomic E-state index is 14.4. The van der Waals surface area contributed by atoms with Crippen molar-refractivity contribution in [2.45, 2.75) is 33.4 Å². The molecule has 1 aromatic heterocycles. The fourth-order valence-corrected chi connectivity index (χ4v) is 7.03. The maximum atomic E-state index is 14.4. The summed E-state index contributed by atoms with van der Waals surface area (Å²) in [5.41, 5.74) is 3.49. The third-order valence-corrected chi connectivity index (χ3v) is 9.45. The molecule has 0 fully saturated rings. The molecular formula is C38H37N3O5S. The Balaban J connectivity index is 1.43. The Morgan fingerprint density at radius 2 is 1.62 bits per heavy atom. The summed E-state index contributed by atoms with van der Waals surface area (Å²) in [6, 6.07) is 26.5. The van der Waals surface area contributed by atoms with Crippen LogP contribution in [0, 0.1) is 0 Å². The molecule has 1 aliphatic rings. The first-order valence-electron chi connectivity index (χ1n) is 15.6. The smallest absolute Gasteiger partial charge is 0.271 e. The van der Waals surface area contributed by atoms with Crippen LogP contribution in [0.5, 0.6) is 17.2 Å². The fourth-order valence-electron chi connectivity index (χ4n) is 5.99. The van der Waals surface area contributed by atoms with Crippen LogP contribution in [0.2, 0.25) is 0 Å². The highest BCUT2D eigenvalue weighted by Gasteiger charge is 2.36. The highest BCUT2D eigenvalue weighted by Crippen LogP contribution is 2.40. The van der Waals surface area contributed by atoms with Crippen LogP contribution in [-0.4, -0.2) is 42.7 Å². The molecular weight excluding hydrogens is 611 g/mol. The van der Waals surface area contributed by atoms with Gasteiger partial charge in [-0.1, -0.05) is 65.9 Å². The van der Waals surface area contributed by atoms with Crippen LogP contribution < -0.4 is 29.1 Å². The number of methoxy groups -OCH3 is 2. The number of hydrogen-bond acceptors (Lipinski definition) is 7. The molecule has 5 aromatic rings. The molecule has 4 aromatic carbocycles. The number of nitrogens with zero attached hydrogens (tertiary/aromatic N) is 3. The van der Waals surface area contributed by atoms with Crippen LogP contribution in [0.15, 0.2) is 106 Å². The summed E-state index contributed by atoms with van der Waals surface area (Å²) in [6.07, 6.45) is 1.86. The van der Waals surface area contributed by atoms with Gasteiger partial charge in [-0.2, -0.15) is 0 Å². The van der Waals surface area contributed by atoms with E-state index < -0.39 is 6.04 Å². The quantitative estimate of drug-likeness (QED) is 0.190. The molecule has 240 valence electrons. The van der Waals surface area contributed by atoms with Gasteiger partial charge in [0.1, 0.15) is 29.9 Å². The van der Waals surface area contributed by atoms with Gasteiger partial charge in [0.05, 0.1) is 30.0 Å². The Kier molecular flexibility index (Phi) is 9.26. The average Bonchev–Trinajstić information content (AvgIpc) is 3.40. The summed E-state index contributed by atoms with van der Waals surface area (Å²) >= 11 is 1.31. The van der Waals surface area contributed by atoms with E-state index in [1.54, 1.807) is 23.7 Å². The number of aromatic nitrogens is 1. The van der Waals surface area contributed by atoms with Crippen molar-refractivity contribution in [1.82, 2.24) is 9.47 Å². The molecule has 0 spiro atoms. The summed E-state index contributed by atoms with van der Waals surface area (Å²) in [5, 5.41) is 1.90. The fraction of sp³-hybridized carbons (Fsp3) is 0.237. The van der Waals surface area contributed by atoms with Crippen molar-refractivity contribution in [3.8, 4) is 17.2 Å². The lowest BCUT2D eigenvalue weighted by molar-refractivity contribution is -0.127. The summed E-state index contributed by atoms with van der Waals surface area (Å²) in [5.74, 6) is 1.98. The molecule has 6 rings (SSSR count). The summed E-state index contributed by atoms with van der Waals surface area (Å²) in [4.78, 5) is 35.6. The number of allylic oxidation sites excluding steroid dienone is 1. The van der Waals surface area contributed by atoms with Gasteiger partial charge in [0.2, 0.25) is 0 Å². The second-order valence-electron chi connectivity index (χ2n) is 11.2. The Morgan fingerprint density at radius 3 is 2.30 bits per heavy atom. The van der Waals surface area contributed by atoms with Crippen LogP contribution in [0.25, 0.3) is 16.8 Å². The molecule has 0 unspecified atom stereocenters. The zero-order valence-electron chi connectivity index (χ0n) is 27.2. The SMILES string of the molecule is CCN(CC)C(=O)C1=C(C)N=c2s/c(=C/c3ccc(OCc4ccc(OC)cc4)cc3)c(=O)n2[C@@H]1c1c(OC)ccc2ccccc12. The molecule has 0 saturated carbocycles. The molecule has 0 aliphatic carbocycles. The first kappa shape index (κ1) is 31.8. The minimum Gasteiger partial charge on any atom is -0.497 e. The Labute approximate surface area is 277 Å². The molecule has 0 bridgehead atoms. The van der Waals surface area contributed by atoms with E-state index in [1.807, 2.05) is 112 Å². The van der Waals surface area contributed by atoms with Gasteiger partial charge in [0.25, 0.3) is 11.5 Å². The number of benzene rings is 4.